The van der Waals surface area contributed by atoms with Gasteiger partial charge in [-0.15, -0.1) is 0 Å². The van der Waals surface area contributed by atoms with E-state index >= 15 is 0 Å². The first-order valence-corrected chi connectivity index (χ1v) is 9.24. The second kappa shape index (κ2) is 8.46. The molecule has 0 aliphatic heterocycles. The van der Waals surface area contributed by atoms with Crippen LogP contribution in [0.4, 0.5) is 32.0 Å². The molecule has 0 heterocycles. The third kappa shape index (κ3) is 5.59. The molecule has 30 heavy (non-hydrogen) atoms. The normalized spacial score (nSPS) is 14.3. The molecular weight excluding hydrogens is 410 g/mol. The van der Waals surface area contributed by atoms with Crippen LogP contribution in [0.5, 0.6) is 5.75 Å². The minimum absolute atomic E-state index is 0.0828. The van der Waals surface area contributed by atoms with Crippen LogP contribution in [0.3, 0.4) is 0 Å². The van der Waals surface area contributed by atoms with Gasteiger partial charge >= 0.3 is 12.4 Å². The Morgan fingerprint density at radius 3 is 2.17 bits per heavy atom. The van der Waals surface area contributed by atoms with E-state index in [0.717, 1.165) is 37.1 Å². The predicted octanol–water partition coefficient (Wildman–Crippen LogP) is 5.89. The lowest BCUT2D eigenvalue weighted by Gasteiger charge is -2.26. The molecule has 0 bridgehead atoms. The fourth-order valence-corrected chi connectivity index (χ4v) is 3.01. The van der Waals surface area contributed by atoms with Gasteiger partial charge in [-0.25, -0.2) is 0 Å². The third-order valence-electron chi connectivity index (χ3n) is 4.78. The molecule has 3 nitrogen and oxygen atoms in total. The zero-order valence-corrected chi connectivity index (χ0v) is 15.7. The summed E-state index contributed by atoms with van der Waals surface area (Å²) >= 11 is 0. The summed E-state index contributed by atoms with van der Waals surface area (Å²) in [5.74, 6) is 0.617. The lowest BCUT2D eigenvalue weighted by molar-refractivity contribution is -0.138. The van der Waals surface area contributed by atoms with Gasteiger partial charge in [-0.2, -0.15) is 31.6 Å². The van der Waals surface area contributed by atoms with E-state index in [-0.39, 0.29) is 18.9 Å². The molecule has 160 valence electrons. The minimum Gasteiger partial charge on any atom is -0.492 e. The highest BCUT2D eigenvalue weighted by molar-refractivity contribution is 5.55. The van der Waals surface area contributed by atoms with Crippen LogP contribution in [0.25, 0.3) is 0 Å². The van der Waals surface area contributed by atoms with Crippen LogP contribution in [-0.4, -0.2) is 19.7 Å². The summed E-state index contributed by atoms with van der Waals surface area (Å²) in [6.45, 7) is 0.875. The van der Waals surface area contributed by atoms with Crippen LogP contribution in [-0.2, 0) is 12.4 Å². The number of ether oxygens (including phenoxy) is 1. The van der Waals surface area contributed by atoms with Crippen LogP contribution in [0, 0.1) is 17.2 Å². The molecule has 0 radical (unpaired) electrons. The van der Waals surface area contributed by atoms with Crippen molar-refractivity contribution in [3.05, 3.63) is 59.2 Å². The van der Waals surface area contributed by atoms with Gasteiger partial charge < -0.3 is 9.64 Å². The zero-order valence-electron chi connectivity index (χ0n) is 15.7. The first-order valence-electron chi connectivity index (χ1n) is 9.24. The number of anilines is 1. The van der Waals surface area contributed by atoms with Gasteiger partial charge in [-0.05, 0) is 61.2 Å². The van der Waals surface area contributed by atoms with E-state index in [9.17, 15) is 26.3 Å². The zero-order chi connectivity index (χ0) is 21.9. The molecule has 0 atom stereocenters. The summed E-state index contributed by atoms with van der Waals surface area (Å²) in [6.07, 6.45) is -7.12. The van der Waals surface area contributed by atoms with Gasteiger partial charge in [0.2, 0.25) is 0 Å². The Hall–Kier alpha value is -2.89. The van der Waals surface area contributed by atoms with Crippen molar-refractivity contribution in [3.63, 3.8) is 0 Å². The average molecular weight is 428 g/mol. The smallest absolute Gasteiger partial charge is 0.417 e. The molecule has 1 fully saturated rings. The molecule has 2 aromatic carbocycles. The third-order valence-corrected chi connectivity index (χ3v) is 4.78. The Kier molecular flexibility index (Phi) is 6.15. The molecule has 0 unspecified atom stereocenters. The molecule has 1 aliphatic rings. The molecule has 3 rings (SSSR count). The summed E-state index contributed by atoms with van der Waals surface area (Å²) in [5.41, 5.74) is -1.91. The summed E-state index contributed by atoms with van der Waals surface area (Å²) in [5, 5.41) is 8.95. The largest absolute Gasteiger partial charge is 0.492 e. The van der Waals surface area contributed by atoms with E-state index in [2.05, 4.69) is 0 Å². The lowest BCUT2D eigenvalue weighted by atomic mass is 10.1. The van der Waals surface area contributed by atoms with Crippen LogP contribution < -0.4 is 9.64 Å². The van der Waals surface area contributed by atoms with Crippen molar-refractivity contribution < 1.29 is 31.1 Å². The molecule has 0 amide bonds. The Bertz CT molecular complexity index is 911. The van der Waals surface area contributed by atoms with Gasteiger partial charge in [0.15, 0.2) is 0 Å². The number of halogens is 6. The van der Waals surface area contributed by atoms with Crippen LogP contribution in [0.1, 0.15) is 29.5 Å². The maximum Gasteiger partial charge on any atom is 0.417 e. The summed E-state index contributed by atoms with van der Waals surface area (Å²) in [7, 11) is 0. The second-order valence-corrected chi connectivity index (χ2v) is 7.10. The molecule has 0 saturated heterocycles. The van der Waals surface area contributed by atoms with Gasteiger partial charge in [-0.3, -0.25) is 0 Å². The highest BCUT2D eigenvalue weighted by Gasteiger charge is 2.35. The van der Waals surface area contributed by atoms with Crippen molar-refractivity contribution in [2.45, 2.75) is 25.2 Å². The van der Waals surface area contributed by atoms with Gasteiger partial charge in [-0.1, -0.05) is 0 Å². The first-order chi connectivity index (χ1) is 14.1. The number of benzene rings is 2. The lowest BCUT2D eigenvalue weighted by Crippen LogP contribution is -2.30. The first kappa shape index (κ1) is 21.8. The highest BCUT2D eigenvalue weighted by Crippen LogP contribution is 2.36. The van der Waals surface area contributed by atoms with Gasteiger partial charge in [0, 0.05) is 12.2 Å². The molecule has 2 aromatic rings. The van der Waals surface area contributed by atoms with E-state index in [1.54, 1.807) is 11.0 Å². The summed E-state index contributed by atoms with van der Waals surface area (Å²) in [4.78, 5) is 1.75. The Balaban J connectivity index is 1.70. The van der Waals surface area contributed by atoms with Crippen molar-refractivity contribution in [2.24, 2.45) is 5.92 Å². The second-order valence-electron chi connectivity index (χ2n) is 7.10. The maximum atomic E-state index is 13.3. The SMILES string of the molecule is N#Cc1ccc(N(CCOc2ccc(C(F)(F)F)cc2)CC2CC2)cc1C(F)(F)F. The molecule has 0 spiro atoms. The standard InChI is InChI=1S/C21H18F6N2O/c22-20(23,24)16-4-7-18(8-5-16)30-10-9-29(13-14-1-2-14)17-6-3-15(12-28)19(11-17)21(25,26)27/h3-8,11,14H,1-2,9-10,13H2. The fourth-order valence-electron chi connectivity index (χ4n) is 3.01. The minimum atomic E-state index is -4.65. The Labute approximate surface area is 169 Å². The van der Waals surface area contributed by atoms with Crippen molar-refractivity contribution in [1.29, 1.82) is 5.26 Å². The number of hydrogen-bond acceptors (Lipinski definition) is 3. The number of hydrogen-bond donors (Lipinski definition) is 0. The van der Waals surface area contributed by atoms with E-state index in [4.69, 9.17) is 10.00 Å². The maximum absolute atomic E-state index is 13.3. The highest BCUT2D eigenvalue weighted by atomic mass is 19.4. The number of rotatable bonds is 7. The number of nitriles is 1. The van der Waals surface area contributed by atoms with Crippen LogP contribution in [0.15, 0.2) is 42.5 Å². The van der Waals surface area contributed by atoms with Gasteiger partial charge in [0.1, 0.15) is 12.4 Å². The number of nitrogens with zero attached hydrogens (tertiary/aromatic N) is 2. The van der Waals surface area contributed by atoms with Crippen LogP contribution >= 0.6 is 0 Å². The van der Waals surface area contributed by atoms with Gasteiger partial charge in [0.25, 0.3) is 0 Å². The van der Waals surface area contributed by atoms with Crippen molar-refractivity contribution in [2.75, 3.05) is 24.6 Å². The molecule has 0 N–H and O–H groups in total. The Morgan fingerprint density at radius 1 is 0.967 bits per heavy atom. The molecule has 9 heteroatoms. The quantitative estimate of drug-likeness (QED) is 0.516. The van der Waals surface area contributed by atoms with E-state index < -0.39 is 29.0 Å². The Morgan fingerprint density at radius 2 is 1.63 bits per heavy atom. The topological polar surface area (TPSA) is 36.3 Å². The number of alkyl halides is 6. The van der Waals surface area contributed by atoms with Crippen molar-refractivity contribution in [1.82, 2.24) is 0 Å². The van der Waals surface area contributed by atoms with E-state index in [1.165, 1.54) is 18.2 Å². The van der Waals surface area contributed by atoms with Crippen molar-refractivity contribution in [3.8, 4) is 11.8 Å². The predicted molar refractivity (Wildman–Crippen MR) is 98.0 cm³/mol. The summed E-state index contributed by atoms with van der Waals surface area (Å²) in [6, 6.07) is 9.36. The average Bonchev–Trinajstić information content (AvgIpc) is 3.50. The fraction of sp³-hybridized carbons (Fsp3) is 0.381. The molecule has 1 aliphatic carbocycles. The molecule has 0 aromatic heterocycles. The summed E-state index contributed by atoms with van der Waals surface area (Å²) < 4.78 is 83.1. The molecule has 1 saturated carbocycles. The van der Waals surface area contributed by atoms with Crippen LogP contribution in [0.2, 0.25) is 0 Å². The van der Waals surface area contributed by atoms with Crippen molar-refractivity contribution >= 4 is 5.69 Å². The van der Waals surface area contributed by atoms with E-state index in [1.807, 2.05) is 0 Å². The monoisotopic (exact) mass is 428 g/mol. The van der Waals surface area contributed by atoms with Gasteiger partial charge in [0.05, 0.1) is 29.3 Å². The molecular formula is C21H18F6N2O. The van der Waals surface area contributed by atoms with E-state index in [0.29, 0.717) is 18.2 Å².